The van der Waals surface area contributed by atoms with E-state index in [1.165, 1.54) is 7.11 Å². The minimum absolute atomic E-state index is 0.408. The summed E-state index contributed by atoms with van der Waals surface area (Å²) in [6.45, 7) is 7.62. The molecule has 0 N–H and O–H groups in total. The molecule has 13 heavy (non-hydrogen) atoms. The average molecular weight is 209 g/mol. The van der Waals surface area contributed by atoms with Gasteiger partial charge >= 0.3 is 7.75 Å². The van der Waals surface area contributed by atoms with Crippen LogP contribution in [0.3, 0.4) is 0 Å². The van der Waals surface area contributed by atoms with E-state index in [2.05, 4.69) is 0 Å². The van der Waals surface area contributed by atoms with Crippen LogP contribution in [0.5, 0.6) is 0 Å². The molecule has 0 aromatic heterocycles. The summed E-state index contributed by atoms with van der Waals surface area (Å²) in [5.41, 5.74) is 0. The molecular weight excluding hydrogens is 189 g/mol. The summed E-state index contributed by atoms with van der Waals surface area (Å²) >= 11 is 0. The van der Waals surface area contributed by atoms with E-state index >= 15 is 0 Å². The van der Waals surface area contributed by atoms with Crippen molar-refractivity contribution in [2.45, 2.75) is 27.2 Å². The van der Waals surface area contributed by atoms with Gasteiger partial charge in [0.15, 0.2) is 0 Å². The summed E-state index contributed by atoms with van der Waals surface area (Å²) in [5.74, 6) is 0. The van der Waals surface area contributed by atoms with Crippen LogP contribution in [0.25, 0.3) is 0 Å². The van der Waals surface area contributed by atoms with Crippen molar-refractivity contribution < 1.29 is 13.6 Å². The fraction of sp³-hybridized carbons (Fsp3) is 1.00. The van der Waals surface area contributed by atoms with Crippen LogP contribution in [-0.4, -0.2) is 31.5 Å². The molecule has 0 aliphatic heterocycles. The topological polar surface area (TPSA) is 38.8 Å². The first kappa shape index (κ1) is 13.1. The molecule has 4 nitrogen and oxygen atoms in total. The molecule has 0 saturated heterocycles. The Labute approximate surface area is 80.8 Å². The van der Waals surface area contributed by atoms with Crippen LogP contribution in [0.1, 0.15) is 27.2 Å². The van der Waals surface area contributed by atoms with Gasteiger partial charge in [0.1, 0.15) is 0 Å². The first-order valence-corrected chi connectivity index (χ1v) is 6.19. The number of hydrogen-bond acceptors (Lipinski definition) is 3. The summed E-state index contributed by atoms with van der Waals surface area (Å²) < 4.78 is 23.8. The van der Waals surface area contributed by atoms with Crippen LogP contribution in [0.4, 0.5) is 0 Å². The van der Waals surface area contributed by atoms with Gasteiger partial charge < -0.3 is 0 Å². The third kappa shape index (κ3) is 3.77. The average Bonchev–Trinajstić information content (AvgIpc) is 2.14. The van der Waals surface area contributed by atoms with Crippen LogP contribution < -0.4 is 0 Å². The molecule has 1 unspecified atom stereocenters. The van der Waals surface area contributed by atoms with Gasteiger partial charge in [-0.1, -0.05) is 13.8 Å². The lowest BCUT2D eigenvalue weighted by atomic mass is 10.5. The first-order valence-electron chi connectivity index (χ1n) is 4.70. The normalized spacial score (nSPS) is 16.1. The maximum absolute atomic E-state index is 12.0. The lowest BCUT2D eigenvalue weighted by Gasteiger charge is -2.27. The number of nitrogens with zero attached hydrogens (tertiary/aromatic N) is 1. The molecule has 0 aromatic carbocycles. The zero-order valence-electron chi connectivity index (χ0n) is 8.95. The van der Waals surface area contributed by atoms with Crippen LogP contribution in [0.15, 0.2) is 0 Å². The van der Waals surface area contributed by atoms with Crippen molar-refractivity contribution in [3.8, 4) is 0 Å². The van der Waals surface area contributed by atoms with Gasteiger partial charge in [-0.3, -0.25) is 9.05 Å². The predicted molar refractivity (Wildman–Crippen MR) is 53.8 cm³/mol. The minimum Gasteiger partial charge on any atom is -0.300 e. The van der Waals surface area contributed by atoms with Crippen LogP contribution >= 0.6 is 7.75 Å². The van der Waals surface area contributed by atoms with Crippen molar-refractivity contribution in [3.05, 3.63) is 0 Å². The molecule has 0 bridgehead atoms. The standard InChI is InChI=1S/C8H20NO3P/c1-5-8-9(6-2)13(10,11-4)12-7-3/h5-8H2,1-4H3. The number of rotatable bonds is 7. The Morgan fingerprint density at radius 3 is 2.23 bits per heavy atom. The summed E-state index contributed by atoms with van der Waals surface area (Å²) in [7, 11) is -1.57. The third-order valence-electron chi connectivity index (χ3n) is 1.72. The highest BCUT2D eigenvalue weighted by Crippen LogP contribution is 2.50. The Bertz CT molecular complexity index is 175. The highest BCUT2D eigenvalue weighted by molar-refractivity contribution is 7.51. The Balaban J connectivity index is 4.39. The monoisotopic (exact) mass is 209 g/mol. The molecule has 1 atom stereocenters. The first-order chi connectivity index (χ1) is 6.14. The third-order valence-corrected chi connectivity index (χ3v) is 3.94. The zero-order valence-corrected chi connectivity index (χ0v) is 9.84. The largest absolute Gasteiger partial charge is 0.407 e. The van der Waals surface area contributed by atoms with Crippen molar-refractivity contribution in [1.82, 2.24) is 4.67 Å². The van der Waals surface area contributed by atoms with Gasteiger partial charge in [0, 0.05) is 20.2 Å². The molecule has 0 fully saturated rings. The molecule has 0 aromatic rings. The Kier molecular flexibility index (Phi) is 6.60. The summed E-state index contributed by atoms with van der Waals surface area (Å²) in [4.78, 5) is 0. The summed E-state index contributed by atoms with van der Waals surface area (Å²) in [5, 5.41) is 0. The fourth-order valence-corrected chi connectivity index (χ4v) is 2.74. The maximum Gasteiger partial charge on any atom is 0.407 e. The molecular formula is C8H20NO3P. The summed E-state index contributed by atoms with van der Waals surface area (Å²) in [6.07, 6.45) is 0.939. The Morgan fingerprint density at radius 2 is 1.92 bits per heavy atom. The molecule has 0 saturated carbocycles. The van der Waals surface area contributed by atoms with E-state index in [0.29, 0.717) is 13.2 Å². The lowest BCUT2D eigenvalue weighted by Crippen LogP contribution is -2.23. The van der Waals surface area contributed by atoms with Gasteiger partial charge in [-0.05, 0) is 13.3 Å². The second kappa shape index (κ2) is 6.55. The molecule has 80 valence electrons. The minimum atomic E-state index is -2.99. The molecule has 0 amide bonds. The fourth-order valence-electron chi connectivity index (χ4n) is 1.12. The van der Waals surface area contributed by atoms with Gasteiger partial charge in [0.25, 0.3) is 0 Å². The van der Waals surface area contributed by atoms with Crippen LogP contribution in [0.2, 0.25) is 0 Å². The molecule has 0 radical (unpaired) electrons. The van der Waals surface area contributed by atoms with Crippen molar-refractivity contribution in [2.75, 3.05) is 26.8 Å². The van der Waals surface area contributed by atoms with E-state index in [4.69, 9.17) is 9.05 Å². The van der Waals surface area contributed by atoms with Crippen molar-refractivity contribution in [2.24, 2.45) is 0 Å². The highest BCUT2D eigenvalue weighted by Gasteiger charge is 2.29. The van der Waals surface area contributed by atoms with E-state index in [0.717, 1.165) is 13.0 Å². The van der Waals surface area contributed by atoms with Crippen molar-refractivity contribution in [1.29, 1.82) is 0 Å². The quantitative estimate of drug-likeness (QED) is 0.604. The molecule has 0 aliphatic rings. The maximum atomic E-state index is 12.0. The second-order valence-electron chi connectivity index (χ2n) is 2.62. The van der Waals surface area contributed by atoms with Crippen LogP contribution in [0, 0.1) is 0 Å². The zero-order chi connectivity index (χ0) is 10.3. The lowest BCUT2D eigenvalue weighted by molar-refractivity contribution is 0.188. The smallest absolute Gasteiger partial charge is 0.300 e. The van der Waals surface area contributed by atoms with E-state index in [1.54, 1.807) is 4.67 Å². The van der Waals surface area contributed by atoms with Crippen molar-refractivity contribution in [3.63, 3.8) is 0 Å². The van der Waals surface area contributed by atoms with Crippen LogP contribution in [-0.2, 0) is 13.6 Å². The van der Waals surface area contributed by atoms with E-state index in [1.807, 2.05) is 20.8 Å². The van der Waals surface area contributed by atoms with Gasteiger partial charge in [-0.25, -0.2) is 9.24 Å². The molecule has 5 heteroatoms. The van der Waals surface area contributed by atoms with E-state index in [-0.39, 0.29) is 0 Å². The van der Waals surface area contributed by atoms with E-state index < -0.39 is 7.75 Å². The van der Waals surface area contributed by atoms with E-state index in [9.17, 15) is 4.57 Å². The van der Waals surface area contributed by atoms with Gasteiger partial charge in [-0.2, -0.15) is 0 Å². The second-order valence-corrected chi connectivity index (χ2v) is 4.74. The highest BCUT2D eigenvalue weighted by atomic mass is 31.2. The Hall–Kier alpha value is 0.110. The molecule has 0 aliphatic carbocycles. The van der Waals surface area contributed by atoms with Gasteiger partial charge in [-0.15, -0.1) is 0 Å². The number of hydrogen-bond donors (Lipinski definition) is 0. The van der Waals surface area contributed by atoms with Crippen molar-refractivity contribution >= 4 is 7.75 Å². The Morgan fingerprint density at radius 1 is 1.31 bits per heavy atom. The summed E-state index contributed by atoms with van der Waals surface area (Å²) in [6, 6.07) is 0. The molecule has 0 spiro atoms. The molecule has 0 heterocycles. The SMILES string of the molecule is CCCN(CC)P(=O)(OC)OCC. The molecule has 0 rings (SSSR count). The predicted octanol–water partition coefficient (Wildman–Crippen LogP) is 2.51. The van der Waals surface area contributed by atoms with Gasteiger partial charge in [0.2, 0.25) is 0 Å². The van der Waals surface area contributed by atoms with Gasteiger partial charge in [0.05, 0.1) is 6.61 Å².